The maximum atomic E-state index is 14.8. The standard InChI is InChI=1S/C29H26N3OP/c30-28(27-17-9-10-20-31-27)29(24-19-18-22-11-7-8-12-23(22)21-24)32-34(33,25-13-3-1-4-14-25)26-15-5-2-6-16-26/h1-21,28-29H,30H2,(H,32,33). The fraction of sp³-hybridized carbons (Fsp3) is 0.0690. The predicted octanol–water partition coefficient (Wildman–Crippen LogP) is 5.49. The Labute approximate surface area is 199 Å². The van der Waals surface area contributed by atoms with Crippen molar-refractivity contribution >= 4 is 28.7 Å². The summed E-state index contributed by atoms with van der Waals surface area (Å²) in [6.07, 6.45) is 1.74. The second-order valence-electron chi connectivity index (χ2n) is 8.27. The zero-order chi connectivity index (χ0) is 23.4. The zero-order valence-corrected chi connectivity index (χ0v) is 19.6. The molecule has 3 N–H and O–H groups in total. The van der Waals surface area contributed by atoms with Crippen molar-refractivity contribution in [3.05, 3.63) is 139 Å². The van der Waals surface area contributed by atoms with Crippen LogP contribution in [-0.2, 0) is 4.57 Å². The Bertz CT molecular complexity index is 1380. The monoisotopic (exact) mass is 463 g/mol. The van der Waals surface area contributed by atoms with Gasteiger partial charge in [-0.15, -0.1) is 0 Å². The molecule has 0 radical (unpaired) electrons. The third-order valence-electron chi connectivity index (χ3n) is 6.08. The molecule has 5 rings (SSSR count). The minimum Gasteiger partial charge on any atom is -0.321 e. The van der Waals surface area contributed by atoms with Gasteiger partial charge in [0.05, 0.1) is 17.8 Å². The lowest BCUT2D eigenvalue weighted by atomic mass is 9.96. The molecule has 34 heavy (non-hydrogen) atoms. The van der Waals surface area contributed by atoms with Crippen molar-refractivity contribution in [3.63, 3.8) is 0 Å². The Morgan fingerprint density at radius 2 is 1.26 bits per heavy atom. The highest BCUT2D eigenvalue weighted by atomic mass is 31.2. The molecule has 2 atom stereocenters. The molecule has 0 bridgehead atoms. The highest BCUT2D eigenvalue weighted by Crippen LogP contribution is 2.44. The Hall–Kier alpha value is -3.56. The smallest absolute Gasteiger partial charge is 0.205 e. The van der Waals surface area contributed by atoms with Crippen LogP contribution in [0.5, 0.6) is 0 Å². The number of aromatic nitrogens is 1. The maximum absolute atomic E-state index is 14.8. The third-order valence-corrected chi connectivity index (χ3v) is 8.77. The molecule has 2 unspecified atom stereocenters. The number of rotatable bonds is 7. The molecule has 1 aromatic heterocycles. The fourth-order valence-corrected chi connectivity index (χ4v) is 6.76. The van der Waals surface area contributed by atoms with Crippen molar-refractivity contribution in [1.82, 2.24) is 10.1 Å². The van der Waals surface area contributed by atoms with Crippen molar-refractivity contribution in [1.29, 1.82) is 0 Å². The maximum Gasteiger partial charge on any atom is 0.205 e. The first-order chi connectivity index (χ1) is 16.6. The van der Waals surface area contributed by atoms with Gasteiger partial charge >= 0.3 is 0 Å². The Morgan fingerprint density at radius 1 is 0.676 bits per heavy atom. The van der Waals surface area contributed by atoms with E-state index in [1.165, 1.54) is 0 Å². The van der Waals surface area contributed by atoms with Crippen LogP contribution < -0.4 is 21.4 Å². The number of benzene rings is 4. The molecule has 0 saturated carbocycles. The lowest BCUT2D eigenvalue weighted by molar-refractivity contribution is 0.504. The topological polar surface area (TPSA) is 68.0 Å². The Balaban J connectivity index is 1.66. The van der Waals surface area contributed by atoms with Gasteiger partial charge in [-0.25, -0.2) is 0 Å². The number of nitrogens with zero attached hydrogens (tertiary/aromatic N) is 1. The van der Waals surface area contributed by atoms with Crippen molar-refractivity contribution in [2.75, 3.05) is 0 Å². The van der Waals surface area contributed by atoms with Crippen molar-refractivity contribution in [2.45, 2.75) is 12.1 Å². The lowest BCUT2D eigenvalue weighted by Gasteiger charge is -2.31. The molecule has 0 spiro atoms. The molecule has 0 amide bonds. The number of hydrogen-bond donors (Lipinski definition) is 2. The van der Waals surface area contributed by atoms with E-state index in [1.807, 2.05) is 91.0 Å². The van der Waals surface area contributed by atoms with Gasteiger partial charge in [0.2, 0.25) is 7.29 Å². The number of hydrogen-bond acceptors (Lipinski definition) is 3. The molecule has 5 heteroatoms. The van der Waals surface area contributed by atoms with Crippen LogP contribution in [-0.4, -0.2) is 4.98 Å². The molecule has 0 aliphatic heterocycles. The van der Waals surface area contributed by atoms with Gasteiger partial charge in [0.15, 0.2) is 0 Å². The van der Waals surface area contributed by atoms with Crippen molar-refractivity contribution < 1.29 is 4.57 Å². The Kier molecular flexibility index (Phi) is 6.37. The van der Waals surface area contributed by atoms with Crippen LogP contribution in [0.4, 0.5) is 0 Å². The van der Waals surface area contributed by atoms with Crippen LogP contribution >= 0.6 is 7.29 Å². The highest BCUT2D eigenvalue weighted by Gasteiger charge is 2.34. The van der Waals surface area contributed by atoms with Crippen molar-refractivity contribution in [2.24, 2.45) is 5.73 Å². The van der Waals surface area contributed by atoms with Gasteiger partial charge in [-0.05, 0) is 58.8 Å². The molecular weight excluding hydrogens is 437 g/mol. The van der Waals surface area contributed by atoms with E-state index in [0.29, 0.717) is 0 Å². The average Bonchev–Trinajstić information content (AvgIpc) is 2.92. The first kappa shape index (κ1) is 22.2. The SMILES string of the molecule is NC(c1ccccn1)C(NP(=O)(c1ccccc1)c1ccccc1)c1ccc2ccccc2c1. The molecule has 0 saturated heterocycles. The van der Waals surface area contributed by atoms with E-state index < -0.39 is 19.4 Å². The number of pyridine rings is 1. The first-order valence-electron chi connectivity index (χ1n) is 11.3. The van der Waals surface area contributed by atoms with E-state index in [1.54, 1.807) is 6.20 Å². The number of nitrogens with two attached hydrogens (primary N) is 1. The molecular formula is C29H26N3OP. The van der Waals surface area contributed by atoms with Crippen molar-refractivity contribution in [3.8, 4) is 0 Å². The van der Waals surface area contributed by atoms with Gasteiger partial charge in [-0.1, -0.05) is 78.9 Å². The lowest BCUT2D eigenvalue weighted by Crippen LogP contribution is -2.36. The van der Waals surface area contributed by atoms with E-state index in [4.69, 9.17) is 5.73 Å². The van der Waals surface area contributed by atoms with Gasteiger partial charge in [0.25, 0.3) is 0 Å². The molecule has 0 fully saturated rings. The summed E-state index contributed by atoms with van der Waals surface area (Å²) in [4.78, 5) is 4.51. The minimum absolute atomic E-state index is 0.439. The first-order valence-corrected chi connectivity index (χ1v) is 13.0. The summed E-state index contributed by atoms with van der Waals surface area (Å²) in [6.45, 7) is 0. The predicted molar refractivity (Wildman–Crippen MR) is 141 cm³/mol. The summed E-state index contributed by atoms with van der Waals surface area (Å²) in [6, 6.07) is 38.4. The highest BCUT2D eigenvalue weighted by molar-refractivity contribution is 7.76. The molecule has 0 aliphatic carbocycles. The minimum atomic E-state index is -3.24. The largest absolute Gasteiger partial charge is 0.321 e. The normalized spacial score (nSPS) is 13.4. The summed E-state index contributed by atoms with van der Waals surface area (Å²) in [7, 11) is -3.24. The second-order valence-corrected chi connectivity index (χ2v) is 10.8. The summed E-state index contributed by atoms with van der Waals surface area (Å²) in [5, 5.41) is 7.26. The molecule has 5 aromatic rings. The summed E-state index contributed by atoms with van der Waals surface area (Å²) < 4.78 is 14.8. The van der Waals surface area contributed by atoms with E-state index in [9.17, 15) is 4.57 Å². The van der Waals surface area contributed by atoms with Crippen LogP contribution in [0.25, 0.3) is 10.8 Å². The van der Waals surface area contributed by atoms with Crippen LogP contribution in [0, 0.1) is 0 Å². The van der Waals surface area contributed by atoms with Gasteiger partial charge in [-0.2, -0.15) is 0 Å². The number of fused-ring (bicyclic) bond motifs is 1. The van der Waals surface area contributed by atoms with E-state index in [-0.39, 0.29) is 0 Å². The summed E-state index contributed by atoms with van der Waals surface area (Å²) in [5.41, 5.74) is 8.53. The van der Waals surface area contributed by atoms with Crippen LogP contribution in [0.3, 0.4) is 0 Å². The van der Waals surface area contributed by atoms with E-state index in [0.717, 1.165) is 32.6 Å². The number of nitrogens with one attached hydrogen (secondary N) is 1. The molecule has 1 heterocycles. The summed E-state index contributed by atoms with van der Waals surface area (Å²) >= 11 is 0. The van der Waals surface area contributed by atoms with Gasteiger partial charge < -0.3 is 5.73 Å². The zero-order valence-electron chi connectivity index (χ0n) is 18.7. The molecule has 0 aliphatic rings. The van der Waals surface area contributed by atoms with Gasteiger partial charge in [0.1, 0.15) is 0 Å². The van der Waals surface area contributed by atoms with E-state index >= 15 is 0 Å². The van der Waals surface area contributed by atoms with Gasteiger partial charge in [0, 0.05) is 16.8 Å². The Morgan fingerprint density at radius 3 is 1.88 bits per heavy atom. The van der Waals surface area contributed by atoms with Crippen LogP contribution in [0.15, 0.2) is 128 Å². The average molecular weight is 464 g/mol. The summed E-state index contributed by atoms with van der Waals surface area (Å²) in [5.74, 6) is 0. The quantitative estimate of drug-likeness (QED) is 0.313. The second kappa shape index (κ2) is 9.74. The fourth-order valence-electron chi connectivity index (χ4n) is 4.28. The molecule has 168 valence electrons. The molecule has 4 nitrogen and oxygen atoms in total. The van der Waals surface area contributed by atoms with Crippen LogP contribution in [0.2, 0.25) is 0 Å². The van der Waals surface area contributed by atoms with E-state index in [2.05, 4.69) is 40.4 Å². The van der Waals surface area contributed by atoms with Crippen LogP contribution in [0.1, 0.15) is 23.3 Å². The third kappa shape index (κ3) is 4.44. The van der Waals surface area contributed by atoms with Gasteiger partial charge in [-0.3, -0.25) is 14.6 Å². The molecule has 4 aromatic carbocycles.